The lowest BCUT2D eigenvalue weighted by molar-refractivity contribution is 0.0601. The normalized spacial score (nSPS) is 15.6. The Morgan fingerprint density at radius 2 is 1.87 bits per heavy atom. The summed E-state index contributed by atoms with van der Waals surface area (Å²) < 4.78 is 10.4. The van der Waals surface area contributed by atoms with E-state index >= 15 is 0 Å². The van der Waals surface area contributed by atoms with Gasteiger partial charge in [0.25, 0.3) is 0 Å². The van der Waals surface area contributed by atoms with Gasteiger partial charge in [-0.2, -0.15) is 4.98 Å². The summed E-state index contributed by atoms with van der Waals surface area (Å²) in [5.41, 5.74) is 4.37. The van der Waals surface area contributed by atoms with E-state index in [9.17, 15) is 4.79 Å². The number of morpholine rings is 1. The van der Waals surface area contributed by atoms with Crippen molar-refractivity contribution >= 4 is 23.4 Å². The zero-order valence-electron chi connectivity index (χ0n) is 17.3. The maximum Gasteiger partial charge on any atom is 0.337 e. The molecule has 0 saturated carbocycles. The zero-order chi connectivity index (χ0) is 21.2. The van der Waals surface area contributed by atoms with Crippen molar-refractivity contribution < 1.29 is 14.3 Å². The fourth-order valence-corrected chi connectivity index (χ4v) is 4.07. The Kier molecular flexibility index (Phi) is 5.21. The number of aromatic nitrogens is 3. The number of hydrogen-bond acceptors (Lipinski definition) is 8. The highest BCUT2D eigenvalue weighted by Crippen LogP contribution is 2.39. The molecule has 0 unspecified atom stereocenters. The van der Waals surface area contributed by atoms with Gasteiger partial charge in [0.1, 0.15) is 5.82 Å². The molecule has 2 aromatic heterocycles. The largest absolute Gasteiger partial charge is 0.465 e. The average Bonchev–Trinajstić information content (AvgIpc) is 3.28. The van der Waals surface area contributed by atoms with Gasteiger partial charge in [-0.25, -0.2) is 9.78 Å². The topological polar surface area (TPSA) is 80.7 Å². The molecule has 1 saturated heterocycles. The summed E-state index contributed by atoms with van der Waals surface area (Å²) in [6.45, 7) is 3.61. The van der Waals surface area contributed by atoms with E-state index in [1.54, 1.807) is 18.5 Å². The lowest BCUT2D eigenvalue weighted by Crippen LogP contribution is -2.37. The first-order valence-electron chi connectivity index (χ1n) is 10.3. The van der Waals surface area contributed by atoms with Crippen molar-refractivity contribution in [3.8, 4) is 11.3 Å². The molecule has 2 aliphatic rings. The van der Waals surface area contributed by atoms with Gasteiger partial charge in [-0.1, -0.05) is 12.1 Å². The Hall–Kier alpha value is -3.52. The number of ether oxygens (including phenoxy) is 2. The summed E-state index contributed by atoms with van der Waals surface area (Å²) in [5.74, 6) is 1.22. The van der Waals surface area contributed by atoms with E-state index < -0.39 is 0 Å². The third-order valence-corrected chi connectivity index (χ3v) is 5.64. The van der Waals surface area contributed by atoms with Crippen LogP contribution in [0.4, 0.5) is 17.5 Å². The lowest BCUT2D eigenvalue weighted by atomic mass is 10.0. The first kappa shape index (κ1) is 19.4. The molecule has 0 N–H and O–H groups in total. The number of carbonyl (C=O) groups excluding carboxylic acids is 1. The Balaban J connectivity index is 1.64. The number of esters is 1. The van der Waals surface area contributed by atoms with Gasteiger partial charge >= 0.3 is 5.97 Å². The minimum absolute atomic E-state index is 0.362. The number of rotatable bonds is 4. The molecule has 2 aliphatic heterocycles. The van der Waals surface area contributed by atoms with Crippen molar-refractivity contribution in [3.63, 3.8) is 0 Å². The predicted molar refractivity (Wildman–Crippen MR) is 117 cm³/mol. The first-order valence-corrected chi connectivity index (χ1v) is 10.3. The smallest absolute Gasteiger partial charge is 0.337 e. The molecule has 8 heteroatoms. The summed E-state index contributed by atoms with van der Waals surface area (Å²) in [6.07, 6.45) is 4.40. The van der Waals surface area contributed by atoms with Crippen LogP contribution in [0.1, 0.15) is 15.9 Å². The van der Waals surface area contributed by atoms with Gasteiger partial charge in [0, 0.05) is 48.8 Å². The molecule has 1 aromatic carbocycles. The van der Waals surface area contributed by atoms with Crippen LogP contribution >= 0.6 is 0 Å². The number of nitrogens with zero attached hydrogens (tertiary/aromatic N) is 5. The lowest BCUT2D eigenvalue weighted by Gasteiger charge is -2.28. The van der Waals surface area contributed by atoms with Gasteiger partial charge in [0.15, 0.2) is 0 Å². The molecule has 0 aliphatic carbocycles. The standard InChI is InChI=1S/C23H23N5O3/c1-30-22(29)17-4-2-3-16(15-17)20-19-7-10-28(18-5-8-24-9-6-18)21(19)26-23(25-20)27-11-13-31-14-12-27/h2-6,8-9,15H,7,10-14H2,1H3. The number of pyridine rings is 1. The quantitative estimate of drug-likeness (QED) is 0.600. The van der Waals surface area contributed by atoms with Gasteiger partial charge in [0.2, 0.25) is 5.95 Å². The summed E-state index contributed by atoms with van der Waals surface area (Å²) in [7, 11) is 1.39. The molecule has 0 spiro atoms. The summed E-state index contributed by atoms with van der Waals surface area (Å²) in [6, 6.07) is 11.4. The summed E-state index contributed by atoms with van der Waals surface area (Å²) in [4.78, 5) is 30.5. The van der Waals surface area contributed by atoms with E-state index in [1.165, 1.54) is 7.11 Å². The number of anilines is 3. The van der Waals surface area contributed by atoms with E-state index in [0.717, 1.165) is 54.4 Å². The number of carbonyl (C=O) groups is 1. The average molecular weight is 417 g/mol. The Morgan fingerprint density at radius 3 is 2.65 bits per heavy atom. The van der Waals surface area contributed by atoms with Crippen LogP contribution in [0.3, 0.4) is 0 Å². The first-order chi connectivity index (χ1) is 15.2. The van der Waals surface area contributed by atoms with Crippen LogP contribution in [-0.2, 0) is 15.9 Å². The molecule has 8 nitrogen and oxygen atoms in total. The highest BCUT2D eigenvalue weighted by atomic mass is 16.5. The molecule has 4 heterocycles. The van der Waals surface area contributed by atoms with Crippen LogP contribution in [0.15, 0.2) is 48.8 Å². The summed E-state index contributed by atoms with van der Waals surface area (Å²) >= 11 is 0. The molecule has 0 radical (unpaired) electrons. The summed E-state index contributed by atoms with van der Waals surface area (Å²) in [5, 5.41) is 0. The number of benzene rings is 1. The van der Waals surface area contributed by atoms with E-state index in [4.69, 9.17) is 19.4 Å². The van der Waals surface area contributed by atoms with Gasteiger partial charge in [-0.3, -0.25) is 4.98 Å². The molecule has 31 heavy (non-hydrogen) atoms. The zero-order valence-corrected chi connectivity index (χ0v) is 17.3. The second-order valence-electron chi connectivity index (χ2n) is 7.45. The van der Waals surface area contributed by atoms with Crippen LogP contribution in [0.2, 0.25) is 0 Å². The molecule has 0 atom stereocenters. The fraction of sp³-hybridized carbons (Fsp3) is 0.304. The minimum Gasteiger partial charge on any atom is -0.465 e. The van der Waals surface area contributed by atoms with Gasteiger partial charge in [-0.15, -0.1) is 0 Å². The number of fused-ring (bicyclic) bond motifs is 1. The second-order valence-corrected chi connectivity index (χ2v) is 7.45. The molecular formula is C23H23N5O3. The third-order valence-electron chi connectivity index (χ3n) is 5.64. The van der Waals surface area contributed by atoms with Gasteiger partial charge in [-0.05, 0) is 30.7 Å². The fourth-order valence-electron chi connectivity index (χ4n) is 4.07. The second kappa shape index (κ2) is 8.31. The molecule has 0 amide bonds. The SMILES string of the molecule is COC(=O)c1cccc(-c2nc(N3CCOCC3)nc3c2CCN3c2ccncc2)c1. The Labute approximate surface area is 180 Å². The molecule has 1 fully saturated rings. The number of methoxy groups -OCH3 is 1. The molecule has 158 valence electrons. The van der Waals surface area contributed by atoms with Crippen LogP contribution in [-0.4, -0.2) is 60.9 Å². The van der Waals surface area contributed by atoms with Crippen molar-refractivity contribution in [1.82, 2.24) is 15.0 Å². The van der Waals surface area contributed by atoms with E-state index in [-0.39, 0.29) is 5.97 Å². The van der Waals surface area contributed by atoms with Crippen molar-refractivity contribution in [3.05, 3.63) is 59.9 Å². The van der Waals surface area contributed by atoms with Gasteiger partial charge < -0.3 is 19.3 Å². The Morgan fingerprint density at radius 1 is 1.06 bits per heavy atom. The molecular weight excluding hydrogens is 394 g/mol. The highest BCUT2D eigenvalue weighted by Gasteiger charge is 2.29. The van der Waals surface area contributed by atoms with Crippen molar-refractivity contribution in [2.45, 2.75) is 6.42 Å². The van der Waals surface area contributed by atoms with Crippen LogP contribution < -0.4 is 9.80 Å². The predicted octanol–water partition coefficient (Wildman–Crippen LogP) is 2.86. The molecule has 3 aromatic rings. The highest BCUT2D eigenvalue weighted by molar-refractivity contribution is 5.91. The molecule has 0 bridgehead atoms. The molecule has 5 rings (SSSR count). The van der Waals surface area contributed by atoms with Crippen LogP contribution in [0.25, 0.3) is 11.3 Å². The van der Waals surface area contributed by atoms with Crippen molar-refractivity contribution in [2.24, 2.45) is 0 Å². The van der Waals surface area contributed by atoms with Crippen LogP contribution in [0, 0.1) is 0 Å². The third kappa shape index (κ3) is 3.70. The van der Waals surface area contributed by atoms with E-state index in [1.807, 2.05) is 30.3 Å². The van der Waals surface area contributed by atoms with Gasteiger partial charge in [0.05, 0.1) is 31.6 Å². The maximum atomic E-state index is 12.1. The monoisotopic (exact) mass is 417 g/mol. The van der Waals surface area contributed by atoms with Crippen LogP contribution in [0.5, 0.6) is 0 Å². The Bertz CT molecular complexity index is 1100. The van der Waals surface area contributed by atoms with E-state index in [2.05, 4.69) is 14.8 Å². The number of hydrogen-bond donors (Lipinski definition) is 0. The van der Waals surface area contributed by atoms with E-state index in [0.29, 0.717) is 24.7 Å². The maximum absolute atomic E-state index is 12.1. The minimum atomic E-state index is -0.362. The van der Waals surface area contributed by atoms with Crippen molar-refractivity contribution in [2.75, 3.05) is 49.8 Å². The van der Waals surface area contributed by atoms with Crippen molar-refractivity contribution in [1.29, 1.82) is 0 Å².